The molecule has 3 aromatic rings. The molecule has 5 rings (SSSR count). The molecule has 1 aliphatic heterocycles. The number of aliphatic imine (C=N–C) groups is 1. The van der Waals surface area contributed by atoms with Crippen molar-refractivity contribution in [3.05, 3.63) is 118 Å². The number of hydrogen-bond donors (Lipinski definition) is 0. The lowest BCUT2D eigenvalue weighted by atomic mass is 9.87. The van der Waals surface area contributed by atoms with Gasteiger partial charge in [-0.15, -0.1) is 0 Å². The second-order valence-electron chi connectivity index (χ2n) is 7.99. The minimum Gasteiger partial charge on any atom is -0.246 e. The molecule has 0 aromatic heterocycles. The van der Waals surface area contributed by atoms with Crippen LogP contribution >= 0.6 is 11.8 Å². The number of fused-ring (bicyclic) bond motifs is 2. The lowest BCUT2D eigenvalue weighted by Gasteiger charge is -2.27. The first-order valence-electron chi connectivity index (χ1n) is 10.6. The molecule has 148 valence electrons. The van der Waals surface area contributed by atoms with Gasteiger partial charge < -0.3 is 0 Å². The Morgan fingerprint density at radius 3 is 2.03 bits per heavy atom. The molecule has 0 amide bonds. The quantitative estimate of drug-likeness (QED) is 0.426. The summed E-state index contributed by atoms with van der Waals surface area (Å²) in [6, 6.07) is 26.2. The van der Waals surface area contributed by atoms with Crippen molar-refractivity contribution in [2.24, 2.45) is 4.99 Å². The third kappa shape index (κ3) is 3.46. The average molecular weight is 408 g/mol. The van der Waals surface area contributed by atoms with Gasteiger partial charge in [-0.05, 0) is 34.8 Å². The smallest absolute Gasteiger partial charge is 0.0817 e. The number of nitrogens with zero attached hydrogens (tertiary/aromatic N) is 1. The predicted octanol–water partition coefficient (Wildman–Crippen LogP) is 8.01. The molecule has 0 spiro atoms. The van der Waals surface area contributed by atoms with E-state index in [1.807, 2.05) is 11.8 Å². The van der Waals surface area contributed by atoms with E-state index in [2.05, 4.69) is 105 Å². The molecule has 0 saturated heterocycles. The Bertz CT molecular complexity index is 1160. The average Bonchev–Trinajstić information content (AvgIpc) is 2.82. The molecule has 2 unspecified atom stereocenters. The summed E-state index contributed by atoms with van der Waals surface area (Å²) in [4.78, 5) is 7.80. The highest BCUT2D eigenvalue weighted by Gasteiger charge is 2.27. The number of hydrogen-bond acceptors (Lipinski definition) is 2. The Kier molecular flexibility index (Phi) is 5.18. The molecule has 2 heteroatoms. The summed E-state index contributed by atoms with van der Waals surface area (Å²) < 4.78 is 0. The van der Waals surface area contributed by atoms with Crippen LogP contribution in [-0.2, 0) is 0 Å². The van der Waals surface area contributed by atoms with Crippen LogP contribution in [0.2, 0.25) is 0 Å². The minimum absolute atomic E-state index is 0.295. The zero-order chi connectivity index (χ0) is 20.5. The molecule has 0 saturated carbocycles. The van der Waals surface area contributed by atoms with Gasteiger partial charge in [0.2, 0.25) is 0 Å². The maximum atomic E-state index is 5.19. The Morgan fingerprint density at radius 1 is 0.767 bits per heavy atom. The zero-order valence-corrected chi connectivity index (χ0v) is 18.2. The van der Waals surface area contributed by atoms with Crippen LogP contribution in [0.5, 0.6) is 0 Å². The van der Waals surface area contributed by atoms with Gasteiger partial charge in [-0.25, -0.2) is 4.99 Å². The number of thioether (sulfide) groups is 1. The Hall–Kier alpha value is -2.84. The van der Waals surface area contributed by atoms with E-state index in [0.29, 0.717) is 11.8 Å². The third-order valence-electron chi connectivity index (χ3n) is 6.14. The van der Waals surface area contributed by atoms with Crippen LogP contribution in [0.15, 0.2) is 106 Å². The normalized spacial score (nSPS) is 16.7. The summed E-state index contributed by atoms with van der Waals surface area (Å²) in [5.41, 5.74) is 7.59. The molecule has 2 aliphatic rings. The van der Waals surface area contributed by atoms with E-state index >= 15 is 0 Å². The maximum absolute atomic E-state index is 5.19. The molecule has 30 heavy (non-hydrogen) atoms. The monoisotopic (exact) mass is 407 g/mol. The summed E-state index contributed by atoms with van der Waals surface area (Å²) in [5, 5.41) is 0. The van der Waals surface area contributed by atoms with Gasteiger partial charge in [0.1, 0.15) is 0 Å². The second-order valence-corrected chi connectivity index (χ2v) is 9.04. The summed E-state index contributed by atoms with van der Waals surface area (Å²) in [5.74, 6) is 0.620. The molecule has 1 heterocycles. The molecule has 0 N–H and O–H groups in total. The van der Waals surface area contributed by atoms with Crippen molar-refractivity contribution in [3.8, 4) is 0 Å². The van der Waals surface area contributed by atoms with E-state index in [0.717, 1.165) is 17.8 Å². The van der Waals surface area contributed by atoms with E-state index in [1.54, 1.807) is 0 Å². The molecular formula is C28H25NS. The Morgan fingerprint density at radius 2 is 1.37 bits per heavy atom. The van der Waals surface area contributed by atoms with Crippen LogP contribution in [-0.4, -0.2) is 5.71 Å². The molecule has 0 radical (unpaired) electrons. The first-order valence-corrected chi connectivity index (χ1v) is 11.4. The van der Waals surface area contributed by atoms with Gasteiger partial charge in [0.15, 0.2) is 0 Å². The fourth-order valence-electron chi connectivity index (χ4n) is 4.32. The van der Waals surface area contributed by atoms with E-state index in [-0.39, 0.29) is 0 Å². The van der Waals surface area contributed by atoms with E-state index in [9.17, 15) is 0 Å². The standard InChI is InChI=1S/C28H25NS/c1-19(21-11-5-3-6-12-21)23-17-18-24(20(2)22-13-7-4-8-14-22)28-27(23)29-25-15-9-10-16-26(25)30-28/h3-9,11-20H,10H2,1-2H3. The lowest BCUT2D eigenvalue weighted by molar-refractivity contribution is 0.871. The van der Waals surface area contributed by atoms with Crippen LogP contribution in [0, 0.1) is 0 Å². The van der Waals surface area contributed by atoms with Gasteiger partial charge in [-0.3, -0.25) is 0 Å². The summed E-state index contributed by atoms with van der Waals surface area (Å²) in [7, 11) is 0. The SMILES string of the molecule is CC(c1ccccc1)c1ccc(C(C)c2ccccc2)c2c1N=C1C=CCC=C1S2. The van der Waals surface area contributed by atoms with Crippen molar-refractivity contribution < 1.29 is 0 Å². The third-order valence-corrected chi connectivity index (χ3v) is 7.37. The molecule has 2 atom stereocenters. The fraction of sp³-hybridized carbons (Fsp3) is 0.179. The topological polar surface area (TPSA) is 12.4 Å². The van der Waals surface area contributed by atoms with Crippen molar-refractivity contribution in [1.29, 1.82) is 0 Å². The van der Waals surface area contributed by atoms with Gasteiger partial charge in [0.25, 0.3) is 0 Å². The van der Waals surface area contributed by atoms with Gasteiger partial charge >= 0.3 is 0 Å². The van der Waals surface area contributed by atoms with E-state index in [1.165, 1.54) is 32.1 Å². The van der Waals surface area contributed by atoms with Crippen LogP contribution in [0.25, 0.3) is 0 Å². The first-order chi connectivity index (χ1) is 14.7. The van der Waals surface area contributed by atoms with Gasteiger partial charge in [-0.2, -0.15) is 0 Å². The molecule has 0 bridgehead atoms. The molecule has 0 fully saturated rings. The molecule has 1 aliphatic carbocycles. The summed E-state index contributed by atoms with van der Waals surface area (Å²) in [6.45, 7) is 4.60. The van der Waals surface area contributed by atoms with Crippen molar-refractivity contribution in [2.45, 2.75) is 37.0 Å². The van der Waals surface area contributed by atoms with Crippen molar-refractivity contribution >= 4 is 23.2 Å². The zero-order valence-electron chi connectivity index (χ0n) is 17.4. The number of benzene rings is 3. The number of rotatable bonds is 4. The Balaban J connectivity index is 1.67. The molecule has 1 nitrogen and oxygen atoms in total. The minimum atomic E-state index is 0.295. The highest BCUT2D eigenvalue weighted by Crippen LogP contribution is 2.50. The first kappa shape index (κ1) is 19.1. The Labute approximate surface area is 183 Å². The van der Waals surface area contributed by atoms with Gasteiger partial charge in [0.05, 0.1) is 11.4 Å². The lowest BCUT2D eigenvalue weighted by Crippen LogP contribution is -2.09. The largest absolute Gasteiger partial charge is 0.246 e. The highest BCUT2D eigenvalue weighted by atomic mass is 32.2. The van der Waals surface area contributed by atoms with Crippen LogP contribution in [0.1, 0.15) is 54.4 Å². The fourth-order valence-corrected chi connectivity index (χ4v) is 5.56. The van der Waals surface area contributed by atoms with Crippen molar-refractivity contribution in [3.63, 3.8) is 0 Å². The van der Waals surface area contributed by atoms with E-state index in [4.69, 9.17) is 4.99 Å². The maximum Gasteiger partial charge on any atom is 0.0817 e. The van der Waals surface area contributed by atoms with Crippen LogP contribution in [0.4, 0.5) is 5.69 Å². The van der Waals surface area contributed by atoms with Crippen LogP contribution in [0.3, 0.4) is 0 Å². The highest BCUT2D eigenvalue weighted by molar-refractivity contribution is 8.04. The summed E-state index contributed by atoms with van der Waals surface area (Å²) in [6.07, 6.45) is 7.66. The summed E-state index contributed by atoms with van der Waals surface area (Å²) >= 11 is 1.90. The van der Waals surface area contributed by atoms with Gasteiger partial charge in [-0.1, -0.05) is 111 Å². The molecular weight excluding hydrogens is 382 g/mol. The van der Waals surface area contributed by atoms with Crippen molar-refractivity contribution in [2.75, 3.05) is 0 Å². The van der Waals surface area contributed by atoms with E-state index < -0.39 is 0 Å². The predicted molar refractivity (Wildman–Crippen MR) is 129 cm³/mol. The van der Waals surface area contributed by atoms with Gasteiger partial charge in [0, 0.05) is 21.6 Å². The van der Waals surface area contributed by atoms with Crippen molar-refractivity contribution in [1.82, 2.24) is 0 Å². The number of allylic oxidation sites excluding steroid dienone is 4. The van der Waals surface area contributed by atoms with Crippen LogP contribution < -0.4 is 0 Å². The molecule has 3 aromatic carbocycles. The second kappa shape index (κ2) is 8.12.